The number of benzene rings is 2. The number of rotatable bonds is 2. The number of aryl methyl sites for hydroxylation is 2. The highest BCUT2D eigenvalue weighted by Crippen LogP contribution is 2.24. The van der Waals surface area contributed by atoms with E-state index < -0.39 is 0 Å². The lowest BCUT2D eigenvalue weighted by Crippen LogP contribution is -1.94. The van der Waals surface area contributed by atoms with E-state index in [0.717, 1.165) is 22.8 Å². The van der Waals surface area contributed by atoms with E-state index >= 15 is 0 Å². The molecule has 0 amide bonds. The fourth-order valence-electron chi connectivity index (χ4n) is 2.32. The Morgan fingerprint density at radius 1 is 0.600 bits per heavy atom. The largest absolute Gasteiger partial charge is 0.233 e. The van der Waals surface area contributed by atoms with Crippen LogP contribution < -0.4 is 0 Å². The minimum atomic E-state index is 0.792. The van der Waals surface area contributed by atoms with E-state index in [1.165, 1.54) is 11.1 Å². The highest BCUT2D eigenvalue weighted by Gasteiger charge is 2.05. The first-order valence-corrected chi connectivity index (χ1v) is 6.70. The maximum Gasteiger partial charge on any atom is 0.159 e. The van der Waals surface area contributed by atoms with Gasteiger partial charge in [-0.1, -0.05) is 48.5 Å². The van der Waals surface area contributed by atoms with Crippen LogP contribution in [0.1, 0.15) is 11.4 Å². The molecule has 20 heavy (non-hydrogen) atoms. The van der Waals surface area contributed by atoms with Crippen LogP contribution in [0.2, 0.25) is 0 Å². The molecule has 2 nitrogen and oxygen atoms in total. The number of aromatic nitrogens is 2. The second-order valence-electron chi connectivity index (χ2n) is 4.92. The van der Waals surface area contributed by atoms with Gasteiger partial charge in [0.1, 0.15) is 0 Å². The molecule has 0 fully saturated rings. The predicted octanol–water partition coefficient (Wildman–Crippen LogP) is 4.43. The zero-order valence-corrected chi connectivity index (χ0v) is 11.7. The minimum absolute atomic E-state index is 0.792. The summed E-state index contributed by atoms with van der Waals surface area (Å²) in [5.74, 6) is 0.792. The molecule has 0 saturated heterocycles. The number of nitrogens with zero attached hydrogens (tertiary/aromatic N) is 2. The van der Waals surface area contributed by atoms with Crippen molar-refractivity contribution in [2.75, 3.05) is 0 Å². The fourth-order valence-corrected chi connectivity index (χ4v) is 2.32. The second-order valence-corrected chi connectivity index (χ2v) is 4.92. The Morgan fingerprint density at radius 3 is 1.90 bits per heavy atom. The molecule has 0 atom stereocenters. The van der Waals surface area contributed by atoms with Crippen LogP contribution in [0.25, 0.3) is 22.5 Å². The third-order valence-corrected chi connectivity index (χ3v) is 3.21. The molecule has 3 aromatic rings. The van der Waals surface area contributed by atoms with Gasteiger partial charge in [-0.3, -0.25) is 0 Å². The van der Waals surface area contributed by atoms with Crippen molar-refractivity contribution in [2.24, 2.45) is 0 Å². The van der Waals surface area contributed by atoms with Crippen molar-refractivity contribution in [3.8, 4) is 22.5 Å². The minimum Gasteiger partial charge on any atom is -0.233 e. The smallest absolute Gasteiger partial charge is 0.159 e. The van der Waals surface area contributed by atoms with Gasteiger partial charge in [0, 0.05) is 17.0 Å². The lowest BCUT2D eigenvalue weighted by Gasteiger charge is -2.06. The van der Waals surface area contributed by atoms with E-state index in [0.29, 0.717) is 0 Å². The molecule has 2 aromatic carbocycles. The Balaban J connectivity index is 2.07. The van der Waals surface area contributed by atoms with E-state index in [2.05, 4.69) is 58.5 Å². The molecular formula is C18H16N2. The van der Waals surface area contributed by atoms with Crippen molar-refractivity contribution in [2.45, 2.75) is 13.8 Å². The molecule has 2 heteroatoms. The molecule has 0 bridgehead atoms. The Bertz CT molecular complexity index is 713. The Kier molecular flexibility index (Phi) is 3.30. The van der Waals surface area contributed by atoms with Gasteiger partial charge in [-0.05, 0) is 37.1 Å². The van der Waals surface area contributed by atoms with Gasteiger partial charge in [0.15, 0.2) is 5.82 Å². The number of hydrogen-bond acceptors (Lipinski definition) is 2. The van der Waals surface area contributed by atoms with Gasteiger partial charge in [0.2, 0.25) is 0 Å². The average Bonchev–Trinajstić information content (AvgIpc) is 2.47. The van der Waals surface area contributed by atoms with Crippen LogP contribution in [0.5, 0.6) is 0 Å². The standard InChI is InChI=1S/C18H16N2/c1-13-11-14(2)20-18(19-13)17-10-6-9-16(12-17)15-7-4-3-5-8-15/h3-12H,1-2H3. The zero-order chi connectivity index (χ0) is 13.9. The van der Waals surface area contributed by atoms with Crippen LogP contribution in [0.3, 0.4) is 0 Å². The monoisotopic (exact) mass is 260 g/mol. The summed E-state index contributed by atoms with van der Waals surface area (Å²) in [6.45, 7) is 4.00. The molecule has 0 spiro atoms. The van der Waals surface area contributed by atoms with E-state index in [4.69, 9.17) is 0 Å². The van der Waals surface area contributed by atoms with Crippen molar-refractivity contribution < 1.29 is 0 Å². The van der Waals surface area contributed by atoms with Gasteiger partial charge in [0.25, 0.3) is 0 Å². The summed E-state index contributed by atoms with van der Waals surface area (Å²) < 4.78 is 0. The highest BCUT2D eigenvalue weighted by atomic mass is 14.9. The topological polar surface area (TPSA) is 25.8 Å². The Morgan fingerprint density at radius 2 is 1.20 bits per heavy atom. The van der Waals surface area contributed by atoms with Crippen LogP contribution >= 0.6 is 0 Å². The van der Waals surface area contributed by atoms with Gasteiger partial charge in [0.05, 0.1) is 0 Å². The molecule has 0 aliphatic carbocycles. The summed E-state index contributed by atoms with van der Waals surface area (Å²) in [5, 5.41) is 0. The molecule has 98 valence electrons. The molecule has 0 unspecified atom stereocenters. The third-order valence-electron chi connectivity index (χ3n) is 3.21. The maximum atomic E-state index is 4.53. The predicted molar refractivity (Wildman–Crippen MR) is 82.4 cm³/mol. The first-order chi connectivity index (χ1) is 9.72. The van der Waals surface area contributed by atoms with Crippen LogP contribution in [0.4, 0.5) is 0 Å². The summed E-state index contributed by atoms with van der Waals surface area (Å²) in [4.78, 5) is 9.06. The van der Waals surface area contributed by atoms with Gasteiger partial charge < -0.3 is 0 Å². The molecule has 1 aromatic heterocycles. The molecule has 1 heterocycles. The van der Waals surface area contributed by atoms with Gasteiger partial charge in [-0.25, -0.2) is 9.97 Å². The van der Waals surface area contributed by atoms with Crippen molar-refractivity contribution in [3.05, 3.63) is 72.1 Å². The summed E-state index contributed by atoms with van der Waals surface area (Å²) in [5.41, 5.74) is 5.44. The SMILES string of the molecule is Cc1cc(C)nc(-c2cccc(-c3ccccc3)c2)n1. The first-order valence-electron chi connectivity index (χ1n) is 6.70. The molecule has 0 aliphatic rings. The van der Waals surface area contributed by atoms with E-state index in [9.17, 15) is 0 Å². The van der Waals surface area contributed by atoms with Gasteiger partial charge in [-0.2, -0.15) is 0 Å². The summed E-state index contributed by atoms with van der Waals surface area (Å²) in [6.07, 6.45) is 0. The maximum absolute atomic E-state index is 4.53. The van der Waals surface area contributed by atoms with Gasteiger partial charge in [-0.15, -0.1) is 0 Å². The second kappa shape index (κ2) is 5.25. The first kappa shape index (κ1) is 12.5. The van der Waals surface area contributed by atoms with E-state index in [-0.39, 0.29) is 0 Å². The Hall–Kier alpha value is -2.48. The Labute approximate surface area is 119 Å². The van der Waals surface area contributed by atoms with Crippen molar-refractivity contribution in [1.29, 1.82) is 0 Å². The van der Waals surface area contributed by atoms with Crippen LogP contribution in [0, 0.1) is 13.8 Å². The molecule has 0 saturated carbocycles. The quantitative estimate of drug-likeness (QED) is 0.681. The van der Waals surface area contributed by atoms with E-state index in [1.54, 1.807) is 0 Å². The fraction of sp³-hybridized carbons (Fsp3) is 0.111. The zero-order valence-electron chi connectivity index (χ0n) is 11.7. The van der Waals surface area contributed by atoms with Crippen molar-refractivity contribution in [3.63, 3.8) is 0 Å². The van der Waals surface area contributed by atoms with Crippen molar-refractivity contribution in [1.82, 2.24) is 9.97 Å². The van der Waals surface area contributed by atoms with E-state index in [1.807, 2.05) is 26.0 Å². The van der Waals surface area contributed by atoms with Crippen LogP contribution in [0.15, 0.2) is 60.7 Å². The average molecular weight is 260 g/mol. The lowest BCUT2D eigenvalue weighted by molar-refractivity contribution is 1.06. The highest BCUT2D eigenvalue weighted by molar-refractivity contribution is 5.70. The normalized spacial score (nSPS) is 10.5. The molecule has 3 rings (SSSR count). The van der Waals surface area contributed by atoms with Crippen molar-refractivity contribution >= 4 is 0 Å². The van der Waals surface area contributed by atoms with Gasteiger partial charge >= 0.3 is 0 Å². The molecular weight excluding hydrogens is 244 g/mol. The molecule has 0 N–H and O–H groups in total. The third kappa shape index (κ3) is 2.59. The lowest BCUT2D eigenvalue weighted by atomic mass is 10.0. The number of hydrogen-bond donors (Lipinski definition) is 0. The summed E-state index contributed by atoms with van der Waals surface area (Å²) in [7, 11) is 0. The molecule has 0 aliphatic heterocycles. The van der Waals surface area contributed by atoms with Crippen LogP contribution in [-0.4, -0.2) is 9.97 Å². The van der Waals surface area contributed by atoms with Crippen LogP contribution in [-0.2, 0) is 0 Å². The summed E-state index contributed by atoms with van der Waals surface area (Å²) >= 11 is 0. The summed E-state index contributed by atoms with van der Waals surface area (Å²) in [6, 6.07) is 20.7. The molecule has 0 radical (unpaired) electrons.